The van der Waals surface area contributed by atoms with Crippen LogP contribution in [0.15, 0.2) is 18.7 Å². The van der Waals surface area contributed by atoms with Crippen molar-refractivity contribution in [3.63, 3.8) is 0 Å². The fourth-order valence-corrected chi connectivity index (χ4v) is 2.13. The molecule has 1 aromatic carbocycles. The summed E-state index contributed by atoms with van der Waals surface area (Å²) in [5.41, 5.74) is 4.58. The van der Waals surface area contributed by atoms with Crippen molar-refractivity contribution >= 4 is 11.3 Å². The molecule has 0 radical (unpaired) electrons. The molecule has 2 rings (SSSR count). The van der Waals surface area contributed by atoms with E-state index in [4.69, 9.17) is 9.68 Å². The summed E-state index contributed by atoms with van der Waals surface area (Å²) in [6.07, 6.45) is 0. The zero-order valence-electron chi connectivity index (χ0n) is 13.6. The zero-order valence-corrected chi connectivity index (χ0v) is 13.6. The maximum Gasteiger partial charge on any atom is 0.124 e. The molecule has 1 heterocycles. The van der Waals surface area contributed by atoms with Gasteiger partial charge in [0.05, 0.1) is 0 Å². The van der Waals surface area contributed by atoms with Crippen LogP contribution in [-0.4, -0.2) is 11.2 Å². The van der Waals surface area contributed by atoms with E-state index in [0.29, 0.717) is 0 Å². The Kier molecular flexibility index (Phi) is 3.47. The second kappa shape index (κ2) is 4.61. The van der Waals surface area contributed by atoms with Crippen LogP contribution in [0.1, 0.15) is 51.3 Å². The first kappa shape index (κ1) is 15.1. The number of benzene rings is 1. The minimum absolute atomic E-state index is 0.393. The van der Waals surface area contributed by atoms with E-state index in [9.17, 15) is 0 Å². The maximum atomic E-state index is 6.05. The van der Waals surface area contributed by atoms with Crippen molar-refractivity contribution in [3.05, 3.63) is 35.4 Å². The Morgan fingerprint density at radius 1 is 1.05 bits per heavy atom. The van der Waals surface area contributed by atoms with Crippen LogP contribution in [0.25, 0.3) is 5.57 Å². The normalized spacial score (nSPS) is 20.2. The summed E-state index contributed by atoms with van der Waals surface area (Å²) in [4.78, 5) is 12.1. The van der Waals surface area contributed by atoms with Crippen LogP contribution in [0.4, 0.5) is 5.69 Å². The van der Waals surface area contributed by atoms with Gasteiger partial charge >= 0.3 is 0 Å². The van der Waals surface area contributed by atoms with Crippen LogP contribution in [0.2, 0.25) is 0 Å². The highest BCUT2D eigenvalue weighted by atomic mass is 17.0. The number of anilines is 1. The zero-order chi connectivity index (χ0) is 15.3. The quantitative estimate of drug-likeness (QED) is 0.788. The fraction of sp³-hybridized carbons (Fsp3) is 0.529. The molecule has 0 atom stereocenters. The van der Waals surface area contributed by atoms with Crippen LogP contribution in [0.5, 0.6) is 0 Å². The Balaban J connectivity index is 2.54. The molecule has 3 heteroatoms. The van der Waals surface area contributed by atoms with Crippen molar-refractivity contribution in [2.45, 2.75) is 59.7 Å². The van der Waals surface area contributed by atoms with Crippen LogP contribution in [0, 0.1) is 13.8 Å². The average molecular weight is 275 g/mol. The van der Waals surface area contributed by atoms with Gasteiger partial charge in [-0.25, -0.2) is 9.68 Å². The summed E-state index contributed by atoms with van der Waals surface area (Å²) in [6.45, 7) is 18.4. The van der Waals surface area contributed by atoms with Crippen LogP contribution >= 0.6 is 0 Å². The van der Waals surface area contributed by atoms with Gasteiger partial charge in [-0.2, -0.15) is 0 Å². The highest BCUT2D eigenvalue weighted by Crippen LogP contribution is 2.43. The fourth-order valence-electron chi connectivity index (χ4n) is 2.13. The second-order valence-corrected chi connectivity index (χ2v) is 6.64. The average Bonchev–Trinajstić information content (AvgIpc) is 2.51. The van der Waals surface area contributed by atoms with Crippen LogP contribution in [0.3, 0.4) is 0 Å². The minimum Gasteiger partial charge on any atom is -0.239 e. The third-order valence-corrected chi connectivity index (χ3v) is 4.42. The summed E-state index contributed by atoms with van der Waals surface area (Å²) in [5, 5.41) is 1.58. The Hall–Kier alpha value is -1.32. The lowest BCUT2D eigenvalue weighted by atomic mass is 9.90. The molecule has 0 spiro atoms. The molecule has 0 unspecified atom stereocenters. The SMILES string of the molecule is C=C(C)c1ccc(C)c(C)c1N1OC(C)(C)C(C)(C)O1. The molecule has 1 aromatic rings. The lowest BCUT2D eigenvalue weighted by molar-refractivity contribution is -0.0276. The Labute approximate surface area is 122 Å². The van der Waals surface area contributed by atoms with Gasteiger partial charge in [0.15, 0.2) is 0 Å². The van der Waals surface area contributed by atoms with Gasteiger partial charge in [-0.1, -0.05) is 18.7 Å². The number of aryl methyl sites for hydroxylation is 1. The molecule has 0 saturated carbocycles. The van der Waals surface area contributed by atoms with E-state index in [2.05, 4.69) is 32.6 Å². The predicted octanol–water partition coefficient (Wildman–Crippen LogP) is 4.58. The van der Waals surface area contributed by atoms with Crippen molar-refractivity contribution in [1.29, 1.82) is 0 Å². The van der Waals surface area contributed by atoms with Gasteiger partial charge in [0, 0.05) is 5.56 Å². The minimum atomic E-state index is -0.393. The van der Waals surface area contributed by atoms with Crippen LogP contribution in [-0.2, 0) is 9.68 Å². The molecule has 0 amide bonds. The summed E-state index contributed by atoms with van der Waals surface area (Å²) in [6, 6.07) is 4.18. The molecule has 3 nitrogen and oxygen atoms in total. The number of hydrogen-bond donors (Lipinski definition) is 0. The van der Waals surface area contributed by atoms with Gasteiger partial charge in [0.2, 0.25) is 0 Å². The Bertz CT molecular complexity index is 542. The molecule has 0 bridgehead atoms. The molecule has 1 aliphatic rings. The van der Waals surface area contributed by atoms with Gasteiger partial charge in [0.1, 0.15) is 16.9 Å². The van der Waals surface area contributed by atoms with Gasteiger partial charge in [0.25, 0.3) is 0 Å². The largest absolute Gasteiger partial charge is 0.239 e. The Morgan fingerprint density at radius 2 is 1.55 bits per heavy atom. The van der Waals surface area contributed by atoms with Crippen molar-refractivity contribution in [1.82, 2.24) is 0 Å². The van der Waals surface area contributed by atoms with Gasteiger partial charge in [-0.3, -0.25) is 0 Å². The number of nitrogens with zero attached hydrogens (tertiary/aromatic N) is 1. The highest BCUT2D eigenvalue weighted by Gasteiger charge is 2.50. The Morgan fingerprint density at radius 3 is 2.00 bits per heavy atom. The van der Waals surface area contributed by atoms with Crippen molar-refractivity contribution in [2.75, 3.05) is 5.23 Å². The summed E-state index contributed by atoms with van der Waals surface area (Å²) < 4.78 is 0. The molecule has 0 aromatic heterocycles. The second-order valence-electron chi connectivity index (χ2n) is 6.64. The van der Waals surface area contributed by atoms with Crippen LogP contribution < -0.4 is 5.23 Å². The molecule has 110 valence electrons. The molecule has 0 N–H and O–H groups in total. The van der Waals surface area contributed by atoms with Crippen molar-refractivity contribution in [2.24, 2.45) is 0 Å². The first-order valence-corrected chi connectivity index (χ1v) is 7.01. The topological polar surface area (TPSA) is 21.7 Å². The van der Waals surface area contributed by atoms with E-state index in [0.717, 1.165) is 22.4 Å². The first-order chi connectivity index (χ1) is 9.07. The van der Waals surface area contributed by atoms with Crippen molar-refractivity contribution < 1.29 is 9.68 Å². The summed E-state index contributed by atoms with van der Waals surface area (Å²) >= 11 is 0. The number of hydrogen-bond acceptors (Lipinski definition) is 3. The lowest BCUT2D eigenvalue weighted by Crippen LogP contribution is -2.41. The van der Waals surface area contributed by atoms with E-state index in [1.807, 2.05) is 34.6 Å². The van der Waals surface area contributed by atoms with E-state index in [-0.39, 0.29) is 0 Å². The molecule has 0 aliphatic carbocycles. The smallest absolute Gasteiger partial charge is 0.124 e. The number of allylic oxidation sites excluding steroid dienone is 1. The van der Waals surface area contributed by atoms with E-state index >= 15 is 0 Å². The number of rotatable bonds is 2. The molecule has 20 heavy (non-hydrogen) atoms. The standard InChI is InChI=1S/C17H25NO2/c1-11(2)14-10-9-12(3)13(4)15(14)18-19-16(5,6)17(7,8)20-18/h9-10H,1H2,2-8H3. The van der Waals surface area contributed by atoms with E-state index < -0.39 is 11.2 Å². The third-order valence-electron chi connectivity index (χ3n) is 4.42. The third kappa shape index (κ3) is 2.25. The van der Waals surface area contributed by atoms with Gasteiger partial charge in [-0.05, 0) is 65.2 Å². The summed E-state index contributed by atoms with van der Waals surface area (Å²) in [7, 11) is 0. The highest BCUT2D eigenvalue weighted by molar-refractivity contribution is 5.76. The lowest BCUT2D eigenvalue weighted by Gasteiger charge is -2.26. The predicted molar refractivity (Wildman–Crippen MR) is 83.4 cm³/mol. The van der Waals surface area contributed by atoms with Gasteiger partial charge in [-0.15, -0.1) is 5.23 Å². The molecular weight excluding hydrogens is 250 g/mol. The first-order valence-electron chi connectivity index (χ1n) is 7.01. The molecule has 1 saturated heterocycles. The monoisotopic (exact) mass is 275 g/mol. The van der Waals surface area contributed by atoms with E-state index in [1.165, 1.54) is 5.56 Å². The molecule has 1 fully saturated rings. The maximum absolute atomic E-state index is 6.05. The molecule has 1 aliphatic heterocycles. The van der Waals surface area contributed by atoms with E-state index in [1.54, 1.807) is 5.23 Å². The molecular formula is C17H25NO2. The van der Waals surface area contributed by atoms with Gasteiger partial charge < -0.3 is 0 Å². The summed E-state index contributed by atoms with van der Waals surface area (Å²) in [5.74, 6) is 0. The van der Waals surface area contributed by atoms with Crippen molar-refractivity contribution in [3.8, 4) is 0 Å².